The first kappa shape index (κ1) is 16.1. The summed E-state index contributed by atoms with van der Waals surface area (Å²) in [5.74, 6) is -0.261. The number of hydrogen-bond acceptors (Lipinski definition) is 4. The summed E-state index contributed by atoms with van der Waals surface area (Å²) >= 11 is 0. The molecule has 2 aromatic rings. The van der Waals surface area contributed by atoms with Gasteiger partial charge in [0.1, 0.15) is 6.04 Å². The molecule has 1 aromatic carbocycles. The predicted molar refractivity (Wildman–Crippen MR) is 90.5 cm³/mol. The first-order valence-electron chi connectivity index (χ1n) is 7.96. The number of amides is 2. The highest BCUT2D eigenvalue weighted by atomic mass is 16.2. The first-order valence-corrected chi connectivity index (χ1v) is 7.96. The van der Waals surface area contributed by atoms with Crippen LogP contribution in [0.15, 0.2) is 30.5 Å². The fourth-order valence-corrected chi connectivity index (χ4v) is 2.84. The van der Waals surface area contributed by atoms with Crippen molar-refractivity contribution in [2.75, 3.05) is 13.1 Å². The second-order valence-corrected chi connectivity index (χ2v) is 5.99. The molecular weight excluding hydrogens is 304 g/mol. The molecule has 1 aromatic heterocycles. The number of nitrogens with zero attached hydrogens (tertiary/aromatic N) is 3. The number of carbonyl (C=O) groups excluding carboxylic acids is 2. The molecule has 1 atom stereocenters. The minimum absolute atomic E-state index is 0.119. The number of benzene rings is 1. The monoisotopic (exact) mass is 324 g/mol. The van der Waals surface area contributed by atoms with Gasteiger partial charge in [-0.2, -0.15) is 0 Å². The highest BCUT2D eigenvalue weighted by molar-refractivity contribution is 5.98. The second-order valence-electron chi connectivity index (χ2n) is 5.99. The molecule has 6 heteroatoms. The number of aryl methyl sites for hydroxylation is 2. The summed E-state index contributed by atoms with van der Waals surface area (Å²) in [7, 11) is 0. The van der Waals surface area contributed by atoms with E-state index < -0.39 is 6.04 Å². The summed E-state index contributed by atoms with van der Waals surface area (Å²) in [6.45, 7) is 6.52. The zero-order valence-electron chi connectivity index (χ0n) is 14.0. The lowest BCUT2D eigenvalue weighted by Gasteiger charge is -2.32. The van der Waals surface area contributed by atoms with E-state index >= 15 is 0 Å². The molecule has 0 bridgehead atoms. The number of carbonyl (C=O) groups is 2. The standard InChI is InChI=1S/C18H20N4O2/c1-11-10-20-12(2)16(21-11)14-5-4-6-15(9-14)18(24)22-8-7-19-17(23)13(22)3/h4-6,9-10,13H,7-8H2,1-3H3,(H,19,23). The van der Waals surface area contributed by atoms with Gasteiger partial charge in [0, 0.05) is 30.4 Å². The number of aromatic nitrogens is 2. The molecule has 0 radical (unpaired) electrons. The van der Waals surface area contributed by atoms with Crippen molar-refractivity contribution in [3.63, 3.8) is 0 Å². The molecule has 1 unspecified atom stereocenters. The number of hydrogen-bond donors (Lipinski definition) is 1. The first-order chi connectivity index (χ1) is 11.5. The molecule has 24 heavy (non-hydrogen) atoms. The molecule has 0 saturated carbocycles. The average Bonchev–Trinajstić information content (AvgIpc) is 2.59. The lowest BCUT2D eigenvalue weighted by molar-refractivity contribution is -0.127. The Balaban J connectivity index is 1.94. The molecule has 1 aliphatic rings. The van der Waals surface area contributed by atoms with Crippen LogP contribution in [-0.2, 0) is 4.79 Å². The summed E-state index contributed by atoms with van der Waals surface area (Å²) in [6, 6.07) is 6.87. The Morgan fingerprint density at radius 3 is 2.92 bits per heavy atom. The second kappa shape index (κ2) is 6.39. The summed E-state index contributed by atoms with van der Waals surface area (Å²) in [4.78, 5) is 35.1. The van der Waals surface area contributed by atoms with E-state index in [2.05, 4.69) is 15.3 Å². The van der Waals surface area contributed by atoms with Crippen molar-refractivity contribution in [3.8, 4) is 11.3 Å². The van der Waals surface area contributed by atoms with Crippen molar-refractivity contribution in [1.82, 2.24) is 20.2 Å². The molecule has 0 aliphatic carbocycles. The maximum atomic E-state index is 12.8. The van der Waals surface area contributed by atoms with Gasteiger partial charge in [-0.05, 0) is 32.9 Å². The van der Waals surface area contributed by atoms with Crippen LogP contribution in [0, 0.1) is 13.8 Å². The minimum Gasteiger partial charge on any atom is -0.353 e. The largest absolute Gasteiger partial charge is 0.353 e. The van der Waals surface area contributed by atoms with Gasteiger partial charge in [-0.3, -0.25) is 14.6 Å². The highest BCUT2D eigenvalue weighted by Gasteiger charge is 2.29. The predicted octanol–water partition coefficient (Wildman–Crippen LogP) is 1.72. The van der Waals surface area contributed by atoms with Gasteiger partial charge in [-0.15, -0.1) is 0 Å². The van der Waals surface area contributed by atoms with Crippen molar-refractivity contribution >= 4 is 11.8 Å². The van der Waals surface area contributed by atoms with Crippen molar-refractivity contribution in [3.05, 3.63) is 47.4 Å². The molecule has 1 fully saturated rings. The van der Waals surface area contributed by atoms with Crippen LogP contribution in [0.1, 0.15) is 28.7 Å². The van der Waals surface area contributed by atoms with Crippen molar-refractivity contribution in [2.24, 2.45) is 0 Å². The number of piperazine rings is 1. The summed E-state index contributed by atoms with van der Waals surface area (Å²) < 4.78 is 0. The lowest BCUT2D eigenvalue weighted by Crippen LogP contribution is -2.55. The maximum Gasteiger partial charge on any atom is 0.254 e. The Bertz CT molecular complexity index is 803. The fraction of sp³-hybridized carbons (Fsp3) is 0.333. The Labute approximate surface area is 140 Å². The Hall–Kier alpha value is -2.76. The molecule has 6 nitrogen and oxygen atoms in total. The lowest BCUT2D eigenvalue weighted by atomic mass is 10.0. The van der Waals surface area contributed by atoms with E-state index in [1.165, 1.54) is 0 Å². The van der Waals surface area contributed by atoms with Crippen LogP contribution in [0.25, 0.3) is 11.3 Å². The van der Waals surface area contributed by atoms with Crippen molar-refractivity contribution < 1.29 is 9.59 Å². The molecule has 1 N–H and O–H groups in total. The number of nitrogens with one attached hydrogen (secondary N) is 1. The Kier molecular flexibility index (Phi) is 4.29. The van der Waals surface area contributed by atoms with E-state index in [0.29, 0.717) is 18.7 Å². The van der Waals surface area contributed by atoms with Crippen LogP contribution < -0.4 is 5.32 Å². The topological polar surface area (TPSA) is 75.2 Å². The zero-order valence-corrected chi connectivity index (χ0v) is 14.0. The average molecular weight is 324 g/mol. The van der Waals surface area contributed by atoms with Crippen molar-refractivity contribution in [2.45, 2.75) is 26.8 Å². The Morgan fingerprint density at radius 2 is 2.12 bits per heavy atom. The highest BCUT2D eigenvalue weighted by Crippen LogP contribution is 2.22. The van der Waals surface area contributed by atoms with Crippen LogP contribution in [-0.4, -0.2) is 45.8 Å². The molecule has 1 saturated heterocycles. The van der Waals surface area contributed by atoms with Crippen LogP contribution in [0.5, 0.6) is 0 Å². The zero-order chi connectivity index (χ0) is 17.3. The number of rotatable bonds is 2. The molecule has 2 heterocycles. The molecular formula is C18H20N4O2. The quantitative estimate of drug-likeness (QED) is 0.913. The third-order valence-electron chi connectivity index (χ3n) is 4.22. The molecule has 124 valence electrons. The maximum absolute atomic E-state index is 12.8. The normalized spacial score (nSPS) is 17.5. The van der Waals surface area contributed by atoms with Gasteiger partial charge >= 0.3 is 0 Å². The van der Waals surface area contributed by atoms with Gasteiger partial charge in [0.15, 0.2) is 0 Å². The van der Waals surface area contributed by atoms with Crippen LogP contribution >= 0.6 is 0 Å². The molecule has 0 spiro atoms. The molecule has 3 rings (SSSR count). The van der Waals surface area contributed by atoms with E-state index in [-0.39, 0.29) is 11.8 Å². The van der Waals surface area contributed by atoms with Crippen LogP contribution in [0.3, 0.4) is 0 Å². The SMILES string of the molecule is Cc1cnc(C)c(-c2cccc(C(=O)N3CCNC(=O)C3C)c2)n1. The van der Waals surface area contributed by atoms with Crippen LogP contribution in [0.2, 0.25) is 0 Å². The third-order valence-corrected chi connectivity index (χ3v) is 4.22. The van der Waals surface area contributed by atoms with E-state index in [1.54, 1.807) is 24.1 Å². The molecule has 1 aliphatic heterocycles. The van der Waals surface area contributed by atoms with Crippen molar-refractivity contribution in [1.29, 1.82) is 0 Å². The van der Waals surface area contributed by atoms with Gasteiger partial charge < -0.3 is 10.2 Å². The summed E-state index contributed by atoms with van der Waals surface area (Å²) in [5.41, 5.74) is 3.82. The Morgan fingerprint density at radius 1 is 1.33 bits per heavy atom. The summed E-state index contributed by atoms with van der Waals surface area (Å²) in [5, 5.41) is 2.77. The van der Waals surface area contributed by atoms with E-state index in [0.717, 1.165) is 22.6 Å². The van der Waals surface area contributed by atoms with E-state index in [4.69, 9.17) is 0 Å². The third kappa shape index (κ3) is 2.99. The molecule has 2 amide bonds. The van der Waals surface area contributed by atoms with Gasteiger partial charge in [-0.25, -0.2) is 4.98 Å². The van der Waals surface area contributed by atoms with Crippen LogP contribution in [0.4, 0.5) is 0 Å². The van der Waals surface area contributed by atoms with E-state index in [9.17, 15) is 9.59 Å². The van der Waals surface area contributed by atoms with Gasteiger partial charge in [-0.1, -0.05) is 12.1 Å². The van der Waals surface area contributed by atoms with Gasteiger partial charge in [0.05, 0.1) is 17.1 Å². The smallest absolute Gasteiger partial charge is 0.254 e. The van der Waals surface area contributed by atoms with Gasteiger partial charge in [0.2, 0.25) is 5.91 Å². The summed E-state index contributed by atoms with van der Waals surface area (Å²) in [6.07, 6.45) is 1.72. The fourth-order valence-electron chi connectivity index (χ4n) is 2.84. The van der Waals surface area contributed by atoms with E-state index in [1.807, 2.05) is 32.0 Å². The van der Waals surface area contributed by atoms with Gasteiger partial charge in [0.25, 0.3) is 5.91 Å². The minimum atomic E-state index is -0.463.